The second-order valence-corrected chi connectivity index (χ2v) is 12.6. The molecule has 0 fully saturated rings. The molecule has 0 unspecified atom stereocenters. The Balaban J connectivity index is 1.63. The number of benzene rings is 3. The molecule has 0 spiro atoms. The zero-order chi connectivity index (χ0) is 32.5. The topological polar surface area (TPSA) is 79.1 Å². The summed E-state index contributed by atoms with van der Waals surface area (Å²) in [5, 5.41) is 0.930. The number of fused-ring (bicyclic) bond motifs is 1. The van der Waals surface area contributed by atoms with E-state index >= 15 is 0 Å². The Kier molecular flexibility index (Phi) is 9.97. The van der Waals surface area contributed by atoms with Crippen molar-refractivity contribution in [2.45, 2.75) is 25.7 Å². The third kappa shape index (κ3) is 7.08. The molecule has 0 N–H and O–H groups in total. The van der Waals surface area contributed by atoms with Crippen molar-refractivity contribution in [2.24, 2.45) is 4.99 Å². The number of methoxy groups -OCH3 is 1. The van der Waals surface area contributed by atoms with Gasteiger partial charge < -0.3 is 14.2 Å². The second kappa shape index (κ2) is 13.6. The van der Waals surface area contributed by atoms with Crippen LogP contribution in [0.15, 0.2) is 81.7 Å². The molecule has 1 atom stereocenters. The smallest absolute Gasteiger partial charge is 0.434 e. The van der Waals surface area contributed by atoms with Crippen LogP contribution in [0.2, 0.25) is 10.0 Å². The number of allylic oxidation sites excluding steroid dienone is 1. The van der Waals surface area contributed by atoms with Crippen LogP contribution < -0.4 is 24.4 Å². The third-order valence-corrected chi connectivity index (χ3v) is 8.91. The Morgan fingerprint density at radius 3 is 2.33 bits per heavy atom. The fourth-order valence-electron chi connectivity index (χ4n) is 4.65. The molecule has 1 aromatic heterocycles. The number of carbonyl (C=O) groups is 1. The molecule has 2 heterocycles. The first kappa shape index (κ1) is 33.0. The quantitative estimate of drug-likeness (QED) is 0.145. The zero-order valence-corrected chi connectivity index (χ0v) is 27.9. The van der Waals surface area contributed by atoms with Gasteiger partial charge in [-0.15, -0.1) is 0 Å². The van der Waals surface area contributed by atoms with E-state index in [1.54, 1.807) is 24.3 Å². The van der Waals surface area contributed by atoms with Crippen LogP contribution >= 0.6 is 57.1 Å². The van der Waals surface area contributed by atoms with E-state index in [0.29, 0.717) is 30.7 Å². The van der Waals surface area contributed by atoms with Gasteiger partial charge in [-0.05, 0) is 88.7 Å². The number of thiazole rings is 1. The van der Waals surface area contributed by atoms with Gasteiger partial charge in [0.15, 0.2) is 22.0 Å². The van der Waals surface area contributed by atoms with Crippen LogP contribution in [-0.4, -0.2) is 30.4 Å². The van der Waals surface area contributed by atoms with Gasteiger partial charge in [0.2, 0.25) is 0 Å². The molecule has 0 aliphatic carbocycles. The minimum atomic E-state index is -5.01. The van der Waals surface area contributed by atoms with Crippen LogP contribution in [0.25, 0.3) is 6.08 Å². The minimum absolute atomic E-state index is 0.0898. The molecule has 14 heteroatoms. The zero-order valence-electron chi connectivity index (χ0n) is 23.5. The van der Waals surface area contributed by atoms with Gasteiger partial charge >= 0.3 is 12.1 Å². The monoisotopic (exact) mass is 788 g/mol. The molecule has 4 aromatic rings. The lowest BCUT2D eigenvalue weighted by Crippen LogP contribution is -2.41. The number of alkyl halides is 3. The summed E-state index contributed by atoms with van der Waals surface area (Å²) in [7, 11) is 1.47. The van der Waals surface area contributed by atoms with Crippen molar-refractivity contribution < 1.29 is 32.2 Å². The van der Waals surface area contributed by atoms with Gasteiger partial charge in [0, 0.05) is 10.0 Å². The maximum absolute atomic E-state index is 14.3. The van der Waals surface area contributed by atoms with Crippen LogP contribution in [0.3, 0.4) is 0 Å². The van der Waals surface area contributed by atoms with Gasteiger partial charge in [0.25, 0.3) is 5.56 Å². The van der Waals surface area contributed by atoms with Gasteiger partial charge in [0.05, 0.1) is 33.4 Å². The van der Waals surface area contributed by atoms with E-state index in [9.17, 15) is 22.8 Å². The lowest BCUT2D eigenvalue weighted by Gasteiger charge is -2.26. The molecule has 0 saturated heterocycles. The van der Waals surface area contributed by atoms with Crippen molar-refractivity contribution in [3.63, 3.8) is 0 Å². The third-order valence-electron chi connectivity index (χ3n) is 6.63. The molecular weight excluding hydrogens is 767 g/mol. The van der Waals surface area contributed by atoms with Crippen molar-refractivity contribution in [1.82, 2.24) is 4.57 Å². The highest BCUT2D eigenvalue weighted by Crippen LogP contribution is 2.39. The van der Waals surface area contributed by atoms with E-state index in [1.165, 1.54) is 44.4 Å². The molecule has 0 bridgehead atoms. The van der Waals surface area contributed by atoms with Crippen LogP contribution in [0, 0.1) is 3.57 Å². The normalized spacial score (nSPS) is 15.0. The first-order valence-corrected chi connectivity index (χ1v) is 15.9. The number of halogens is 6. The highest BCUT2D eigenvalue weighted by Gasteiger charge is 2.45. The van der Waals surface area contributed by atoms with Gasteiger partial charge in [-0.2, -0.15) is 13.2 Å². The Bertz CT molecular complexity index is 1970. The summed E-state index contributed by atoms with van der Waals surface area (Å²) < 4.78 is 61.5. The molecule has 7 nitrogen and oxygen atoms in total. The molecule has 0 saturated carbocycles. The van der Waals surface area contributed by atoms with Gasteiger partial charge in [-0.25, -0.2) is 9.79 Å². The predicted octanol–water partition coefficient (Wildman–Crippen LogP) is 6.84. The molecule has 0 amide bonds. The van der Waals surface area contributed by atoms with E-state index in [1.807, 2.05) is 12.1 Å². The fourth-order valence-corrected chi connectivity index (χ4v) is 6.69. The van der Waals surface area contributed by atoms with E-state index in [2.05, 4.69) is 27.6 Å². The Morgan fingerprint density at radius 2 is 1.73 bits per heavy atom. The molecule has 5 rings (SSSR count). The molecule has 3 aromatic carbocycles. The lowest BCUT2D eigenvalue weighted by molar-refractivity contribution is -0.140. The van der Waals surface area contributed by atoms with Crippen LogP contribution in [-0.2, 0) is 16.1 Å². The summed E-state index contributed by atoms with van der Waals surface area (Å²) in [4.78, 5) is 30.4. The van der Waals surface area contributed by atoms with Crippen molar-refractivity contribution in [3.05, 3.63) is 122 Å². The highest BCUT2D eigenvalue weighted by atomic mass is 127. The summed E-state index contributed by atoms with van der Waals surface area (Å²) in [6, 6.07) is 15.0. The molecular formula is C31H22Cl2F3IN2O5S. The Hall–Kier alpha value is -3.33. The second-order valence-electron chi connectivity index (χ2n) is 9.56. The summed E-state index contributed by atoms with van der Waals surface area (Å²) in [6.07, 6.45) is -3.48. The van der Waals surface area contributed by atoms with E-state index in [4.69, 9.17) is 37.4 Å². The SMILES string of the molecule is CCOC(=O)C1=C(C(F)(F)F)N=c2s/c(=C\c3cc(I)c(OCc4ccc(Cl)cc4)c(OC)c3)c(=O)n2[C@H]1c1ccc(Cl)cc1. The first-order chi connectivity index (χ1) is 21.4. The number of rotatable bonds is 8. The Labute approximate surface area is 282 Å². The van der Waals surface area contributed by atoms with Crippen LogP contribution in [0.4, 0.5) is 13.2 Å². The summed E-state index contributed by atoms with van der Waals surface area (Å²) in [5.74, 6) is -0.363. The van der Waals surface area contributed by atoms with E-state index in [-0.39, 0.29) is 28.1 Å². The van der Waals surface area contributed by atoms with Gasteiger partial charge in [0.1, 0.15) is 6.61 Å². The maximum Gasteiger partial charge on any atom is 0.434 e. The number of hydrogen-bond donors (Lipinski definition) is 0. The van der Waals surface area contributed by atoms with E-state index in [0.717, 1.165) is 21.5 Å². The van der Waals surface area contributed by atoms with Crippen LogP contribution in [0.5, 0.6) is 11.5 Å². The number of ether oxygens (including phenoxy) is 3. The number of nitrogens with zero attached hydrogens (tertiary/aromatic N) is 2. The summed E-state index contributed by atoms with van der Waals surface area (Å²) in [6.45, 7) is 1.55. The van der Waals surface area contributed by atoms with Crippen molar-refractivity contribution in [2.75, 3.05) is 13.7 Å². The van der Waals surface area contributed by atoms with Crippen LogP contribution in [0.1, 0.15) is 29.7 Å². The number of carbonyl (C=O) groups excluding carboxylic acids is 1. The largest absolute Gasteiger partial charge is 0.493 e. The summed E-state index contributed by atoms with van der Waals surface area (Å²) >= 11 is 14.8. The highest BCUT2D eigenvalue weighted by molar-refractivity contribution is 14.1. The maximum atomic E-state index is 14.3. The number of esters is 1. The predicted molar refractivity (Wildman–Crippen MR) is 174 cm³/mol. The van der Waals surface area contributed by atoms with Crippen molar-refractivity contribution in [1.29, 1.82) is 0 Å². The minimum Gasteiger partial charge on any atom is -0.493 e. The number of aromatic nitrogens is 1. The molecule has 1 aliphatic heterocycles. The van der Waals surface area contributed by atoms with Gasteiger partial charge in [-0.3, -0.25) is 9.36 Å². The van der Waals surface area contributed by atoms with Gasteiger partial charge in [-0.1, -0.05) is 58.8 Å². The molecule has 234 valence electrons. The number of hydrogen-bond acceptors (Lipinski definition) is 7. The van der Waals surface area contributed by atoms with E-state index < -0.39 is 35.0 Å². The Morgan fingerprint density at radius 1 is 1.09 bits per heavy atom. The average molecular weight is 789 g/mol. The molecule has 1 aliphatic rings. The molecule has 45 heavy (non-hydrogen) atoms. The van der Waals surface area contributed by atoms with Crippen molar-refractivity contribution in [3.8, 4) is 11.5 Å². The molecule has 0 radical (unpaired) electrons. The lowest BCUT2D eigenvalue weighted by atomic mass is 9.95. The van der Waals surface area contributed by atoms with Crippen molar-refractivity contribution >= 4 is 69.2 Å². The average Bonchev–Trinajstić information content (AvgIpc) is 3.30. The summed E-state index contributed by atoms with van der Waals surface area (Å²) in [5.41, 5.74) is -1.21. The first-order valence-electron chi connectivity index (χ1n) is 13.2. The fraction of sp³-hybridized carbons (Fsp3) is 0.194. The standard InChI is InChI=1S/C31H22Cl2F3IN2O5S/c1-3-43-29(41)24-25(18-6-10-20(33)11-7-18)39-28(40)23(45-30(39)38-27(24)31(34,35)36)14-17-12-21(37)26(22(13-17)42-2)44-15-16-4-8-19(32)9-5-16/h4-14,25H,3,15H2,1-2H3/b23-14-/t25-/m0/s1.